The van der Waals surface area contributed by atoms with Crippen LogP contribution in [0.25, 0.3) is 0 Å². The third-order valence-electron chi connectivity index (χ3n) is 2.93. The topological polar surface area (TPSA) is 80.5 Å². The van der Waals surface area contributed by atoms with E-state index in [2.05, 4.69) is 20.0 Å². The summed E-state index contributed by atoms with van der Waals surface area (Å²) in [5.41, 5.74) is 5.97. The molecular weight excluding hydrogens is 262 g/mol. The lowest BCUT2D eigenvalue weighted by molar-refractivity contribution is 0.372. The summed E-state index contributed by atoms with van der Waals surface area (Å²) >= 11 is 1.96. The second kappa shape index (κ2) is 6.79. The fraction of sp³-hybridized carbons (Fsp3) is 0.750. The van der Waals surface area contributed by atoms with Gasteiger partial charge in [-0.1, -0.05) is 19.0 Å². The summed E-state index contributed by atoms with van der Waals surface area (Å²) in [6.45, 7) is 6.64. The lowest BCUT2D eigenvalue weighted by Crippen LogP contribution is -2.42. The Morgan fingerprint density at radius 3 is 2.84 bits per heavy atom. The standard InChI is InChI=1S/C12H21N5OS/c1-9(2)11-15-10(18-16-11)3-4-14-12(13)17-5-7-19-8-6-17/h9H,3-8H2,1-2H3,(H2,13,14). The first-order valence-corrected chi connectivity index (χ1v) is 7.77. The first-order chi connectivity index (χ1) is 9.16. The quantitative estimate of drug-likeness (QED) is 0.658. The number of thioether (sulfide) groups is 1. The van der Waals surface area contributed by atoms with E-state index in [4.69, 9.17) is 10.3 Å². The summed E-state index contributed by atoms with van der Waals surface area (Å²) < 4.78 is 5.17. The molecular formula is C12H21N5OS. The maximum atomic E-state index is 5.97. The molecule has 1 fully saturated rings. The van der Waals surface area contributed by atoms with E-state index < -0.39 is 0 Å². The molecule has 0 bridgehead atoms. The van der Waals surface area contributed by atoms with Crippen molar-refractivity contribution in [2.24, 2.45) is 10.7 Å². The maximum absolute atomic E-state index is 5.97. The van der Waals surface area contributed by atoms with E-state index in [1.807, 2.05) is 25.6 Å². The molecule has 2 rings (SSSR count). The molecule has 0 unspecified atom stereocenters. The zero-order valence-electron chi connectivity index (χ0n) is 11.5. The summed E-state index contributed by atoms with van der Waals surface area (Å²) in [4.78, 5) is 10.8. The molecule has 6 nitrogen and oxygen atoms in total. The Hall–Kier alpha value is -1.24. The highest BCUT2D eigenvalue weighted by molar-refractivity contribution is 7.99. The van der Waals surface area contributed by atoms with Crippen LogP contribution in [0, 0.1) is 0 Å². The molecule has 7 heteroatoms. The van der Waals surface area contributed by atoms with Gasteiger partial charge in [-0.3, -0.25) is 4.99 Å². The minimum atomic E-state index is 0.289. The van der Waals surface area contributed by atoms with Crippen LogP contribution in [0.5, 0.6) is 0 Å². The largest absolute Gasteiger partial charge is 0.370 e. The van der Waals surface area contributed by atoms with Crippen LogP contribution in [-0.2, 0) is 6.42 Å². The zero-order valence-corrected chi connectivity index (χ0v) is 12.3. The van der Waals surface area contributed by atoms with Crippen molar-refractivity contribution >= 4 is 17.7 Å². The molecule has 1 saturated heterocycles. The zero-order chi connectivity index (χ0) is 13.7. The third kappa shape index (κ3) is 4.12. The summed E-state index contributed by atoms with van der Waals surface area (Å²) in [5, 5.41) is 3.92. The predicted octanol–water partition coefficient (Wildman–Crippen LogP) is 1.10. The Bertz CT molecular complexity index is 426. The smallest absolute Gasteiger partial charge is 0.228 e. The van der Waals surface area contributed by atoms with E-state index in [0.29, 0.717) is 24.8 Å². The van der Waals surface area contributed by atoms with Crippen molar-refractivity contribution < 1.29 is 4.52 Å². The van der Waals surface area contributed by atoms with Gasteiger partial charge in [0, 0.05) is 36.9 Å². The number of aromatic nitrogens is 2. The highest BCUT2D eigenvalue weighted by Crippen LogP contribution is 2.10. The number of nitrogens with zero attached hydrogens (tertiary/aromatic N) is 4. The number of aliphatic imine (C=N–C) groups is 1. The first kappa shape index (κ1) is 14.2. The van der Waals surface area contributed by atoms with Crippen LogP contribution in [-0.4, -0.2) is 52.1 Å². The Kier molecular flexibility index (Phi) is 5.07. The van der Waals surface area contributed by atoms with Gasteiger partial charge < -0.3 is 15.2 Å². The second-order valence-corrected chi connectivity index (χ2v) is 6.02. The van der Waals surface area contributed by atoms with E-state index in [1.165, 1.54) is 0 Å². The summed E-state index contributed by atoms with van der Waals surface area (Å²) in [6, 6.07) is 0. The molecule has 1 aromatic heterocycles. The van der Waals surface area contributed by atoms with Crippen molar-refractivity contribution in [1.82, 2.24) is 15.0 Å². The van der Waals surface area contributed by atoms with Gasteiger partial charge >= 0.3 is 0 Å². The Balaban J connectivity index is 1.80. The van der Waals surface area contributed by atoms with Crippen LogP contribution >= 0.6 is 11.8 Å². The Labute approximate surface area is 117 Å². The molecule has 0 atom stereocenters. The van der Waals surface area contributed by atoms with E-state index in [-0.39, 0.29) is 5.92 Å². The molecule has 0 aromatic carbocycles. The fourth-order valence-corrected chi connectivity index (χ4v) is 2.67. The van der Waals surface area contributed by atoms with Crippen LogP contribution in [0.15, 0.2) is 9.52 Å². The molecule has 0 radical (unpaired) electrons. The van der Waals surface area contributed by atoms with E-state index in [0.717, 1.165) is 30.4 Å². The fourth-order valence-electron chi connectivity index (χ4n) is 1.76. The van der Waals surface area contributed by atoms with Crippen molar-refractivity contribution in [2.75, 3.05) is 31.1 Å². The van der Waals surface area contributed by atoms with Gasteiger partial charge in [0.15, 0.2) is 11.8 Å². The summed E-state index contributed by atoms with van der Waals surface area (Å²) in [7, 11) is 0. The van der Waals surface area contributed by atoms with Gasteiger partial charge in [-0.25, -0.2) is 0 Å². The molecule has 106 valence electrons. The highest BCUT2D eigenvalue weighted by atomic mass is 32.2. The van der Waals surface area contributed by atoms with Crippen LogP contribution < -0.4 is 5.73 Å². The summed E-state index contributed by atoms with van der Waals surface area (Å²) in [5.74, 6) is 4.55. The predicted molar refractivity (Wildman–Crippen MR) is 77.5 cm³/mol. The Morgan fingerprint density at radius 1 is 1.47 bits per heavy atom. The molecule has 2 N–H and O–H groups in total. The number of guanidine groups is 1. The van der Waals surface area contributed by atoms with Gasteiger partial charge in [-0.05, 0) is 0 Å². The van der Waals surface area contributed by atoms with Gasteiger partial charge in [0.05, 0.1) is 6.54 Å². The van der Waals surface area contributed by atoms with Gasteiger partial charge in [-0.15, -0.1) is 0 Å². The van der Waals surface area contributed by atoms with Crippen molar-refractivity contribution in [3.05, 3.63) is 11.7 Å². The van der Waals surface area contributed by atoms with Crippen molar-refractivity contribution in [1.29, 1.82) is 0 Å². The molecule has 2 heterocycles. The van der Waals surface area contributed by atoms with E-state index in [9.17, 15) is 0 Å². The monoisotopic (exact) mass is 283 g/mol. The lowest BCUT2D eigenvalue weighted by atomic mass is 10.2. The maximum Gasteiger partial charge on any atom is 0.228 e. The minimum Gasteiger partial charge on any atom is -0.370 e. The Morgan fingerprint density at radius 2 is 2.21 bits per heavy atom. The molecule has 1 aliphatic heterocycles. The first-order valence-electron chi connectivity index (χ1n) is 6.62. The van der Waals surface area contributed by atoms with Crippen molar-refractivity contribution in [3.63, 3.8) is 0 Å². The molecule has 0 spiro atoms. The van der Waals surface area contributed by atoms with Gasteiger partial charge in [0.1, 0.15) is 0 Å². The number of hydrogen-bond acceptors (Lipinski definition) is 5. The highest BCUT2D eigenvalue weighted by Gasteiger charge is 2.12. The number of hydrogen-bond donors (Lipinski definition) is 1. The lowest BCUT2D eigenvalue weighted by Gasteiger charge is -2.27. The van der Waals surface area contributed by atoms with Gasteiger partial charge in [0.2, 0.25) is 5.89 Å². The average molecular weight is 283 g/mol. The molecule has 0 amide bonds. The summed E-state index contributed by atoms with van der Waals surface area (Å²) in [6.07, 6.45) is 0.642. The van der Waals surface area contributed by atoms with E-state index >= 15 is 0 Å². The van der Waals surface area contributed by atoms with Gasteiger partial charge in [-0.2, -0.15) is 16.7 Å². The van der Waals surface area contributed by atoms with E-state index in [1.54, 1.807) is 0 Å². The molecule has 0 aliphatic carbocycles. The van der Waals surface area contributed by atoms with Crippen molar-refractivity contribution in [3.8, 4) is 0 Å². The second-order valence-electron chi connectivity index (χ2n) is 4.79. The normalized spacial score (nSPS) is 17.2. The van der Waals surface area contributed by atoms with Crippen LogP contribution in [0.3, 0.4) is 0 Å². The van der Waals surface area contributed by atoms with Crippen LogP contribution in [0.1, 0.15) is 31.5 Å². The van der Waals surface area contributed by atoms with Gasteiger partial charge in [0.25, 0.3) is 0 Å². The SMILES string of the molecule is CC(C)c1noc(CCN=C(N)N2CCSCC2)n1. The van der Waals surface area contributed by atoms with Crippen LogP contribution in [0.4, 0.5) is 0 Å². The van der Waals surface area contributed by atoms with Crippen LogP contribution in [0.2, 0.25) is 0 Å². The molecule has 19 heavy (non-hydrogen) atoms. The number of rotatable bonds is 4. The molecule has 1 aliphatic rings. The third-order valence-corrected chi connectivity index (χ3v) is 3.88. The molecule has 1 aromatic rings. The molecule has 0 saturated carbocycles. The number of nitrogens with two attached hydrogens (primary N) is 1. The minimum absolute atomic E-state index is 0.289. The average Bonchev–Trinajstić information content (AvgIpc) is 2.89. The van der Waals surface area contributed by atoms with Crippen molar-refractivity contribution in [2.45, 2.75) is 26.2 Å².